The first-order valence-corrected chi connectivity index (χ1v) is 5.51. The number of benzene rings is 1. The van der Waals surface area contributed by atoms with Gasteiger partial charge in [0.25, 0.3) is 5.56 Å². The van der Waals surface area contributed by atoms with Crippen molar-refractivity contribution >= 4 is 11.6 Å². The highest BCUT2D eigenvalue weighted by Gasteiger charge is 2.12. The fraction of sp³-hybridized carbons (Fsp3) is 0.167. The Morgan fingerprint density at radius 2 is 2.06 bits per heavy atom. The van der Waals surface area contributed by atoms with Crippen molar-refractivity contribution in [2.45, 2.75) is 12.6 Å². The lowest BCUT2D eigenvalue weighted by Crippen LogP contribution is -2.24. The Morgan fingerprint density at radius 3 is 2.76 bits per heavy atom. The van der Waals surface area contributed by atoms with Crippen LogP contribution in [0.15, 0.2) is 47.4 Å². The topological polar surface area (TPSA) is 55.1 Å². The molecular weight excluding hydrogens is 240 g/mol. The number of rotatable bonds is 3. The Labute approximate surface area is 103 Å². The van der Waals surface area contributed by atoms with Gasteiger partial charge in [-0.2, -0.15) is 5.10 Å². The Balaban J connectivity index is 2.23. The van der Waals surface area contributed by atoms with Crippen LogP contribution in [0.1, 0.15) is 11.7 Å². The summed E-state index contributed by atoms with van der Waals surface area (Å²) in [5.74, 6) is 0. The van der Waals surface area contributed by atoms with E-state index in [-0.39, 0.29) is 12.1 Å². The van der Waals surface area contributed by atoms with Crippen LogP contribution in [-0.2, 0) is 6.54 Å². The Kier molecular flexibility index (Phi) is 3.56. The zero-order valence-corrected chi connectivity index (χ0v) is 9.71. The number of halogens is 1. The molecule has 1 aromatic carbocycles. The van der Waals surface area contributed by atoms with Crippen LogP contribution in [0.3, 0.4) is 0 Å². The Bertz CT molecular complexity index is 568. The molecule has 0 aliphatic rings. The van der Waals surface area contributed by atoms with Crippen LogP contribution in [0.5, 0.6) is 0 Å². The summed E-state index contributed by atoms with van der Waals surface area (Å²) in [6, 6.07) is 9.94. The molecule has 0 spiro atoms. The number of hydrogen-bond donors (Lipinski definition) is 1. The van der Waals surface area contributed by atoms with Crippen molar-refractivity contribution in [1.29, 1.82) is 0 Å². The summed E-state index contributed by atoms with van der Waals surface area (Å²) in [7, 11) is 0. The maximum absolute atomic E-state index is 11.4. The summed E-state index contributed by atoms with van der Waals surface area (Å²) in [5, 5.41) is 14.3. The molecule has 1 heterocycles. The molecule has 0 aliphatic heterocycles. The number of aliphatic hydroxyl groups is 1. The third-order valence-corrected chi connectivity index (χ3v) is 2.74. The van der Waals surface area contributed by atoms with Crippen LogP contribution in [0, 0.1) is 0 Å². The van der Waals surface area contributed by atoms with Gasteiger partial charge in [0.15, 0.2) is 0 Å². The van der Waals surface area contributed by atoms with Gasteiger partial charge in [0, 0.05) is 22.8 Å². The van der Waals surface area contributed by atoms with Crippen LogP contribution < -0.4 is 5.56 Å². The summed E-state index contributed by atoms with van der Waals surface area (Å²) < 4.78 is 1.20. The molecule has 1 N–H and O–H groups in total. The van der Waals surface area contributed by atoms with Gasteiger partial charge in [-0.1, -0.05) is 29.8 Å². The third kappa shape index (κ3) is 2.72. The highest BCUT2D eigenvalue weighted by atomic mass is 35.5. The summed E-state index contributed by atoms with van der Waals surface area (Å²) in [6.45, 7) is 0.0867. The molecule has 0 fully saturated rings. The quantitative estimate of drug-likeness (QED) is 0.901. The van der Waals surface area contributed by atoms with E-state index in [9.17, 15) is 9.90 Å². The van der Waals surface area contributed by atoms with Crippen molar-refractivity contribution in [1.82, 2.24) is 9.78 Å². The second kappa shape index (κ2) is 5.12. The van der Waals surface area contributed by atoms with Crippen molar-refractivity contribution < 1.29 is 5.11 Å². The molecule has 0 amide bonds. The number of aliphatic hydroxyl groups excluding tert-OH is 1. The van der Waals surface area contributed by atoms with Crippen molar-refractivity contribution in [3.8, 4) is 0 Å². The van der Waals surface area contributed by atoms with Gasteiger partial charge >= 0.3 is 0 Å². The maximum Gasteiger partial charge on any atom is 0.266 e. The molecule has 1 aromatic heterocycles. The molecule has 0 radical (unpaired) electrons. The number of hydrogen-bond acceptors (Lipinski definition) is 3. The normalized spacial score (nSPS) is 12.4. The van der Waals surface area contributed by atoms with Gasteiger partial charge in [0.05, 0.1) is 6.54 Å². The van der Waals surface area contributed by atoms with E-state index in [0.29, 0.717) is 10.6 Å². The maximum atomic E-state index is 11.4. The van der Waals surface area contributed by atoms with E-state index in [1.54, 1.807) is 30.3 Å². The zero-order valence-electron chi connectivity index (χ0n) is 8.95. The van der Waals surface area contributed by atoms with E-state index >= 15 is 0 Å². The minimum Gasteiger partial charge on any atom is -0.386 e. The molecule has 5 heteroatoms. The molecular formula is C12H11ClN2O2. The fourth-order valence-corrected chi connectivity index (χ4v) is 1.79. The van der Waals surface area contributed by atoms with Gasteiger partial charge < -0.3 is 5.11 Å². The van der Waals surface area contributed by atoms with Crippen LogP contribution in [0.25, 0.3) is 0 Å². The average Bonchev–Trinajstić information content (AvgIpc) is 2.32. The molecule has 0 saturated carbocycles. The molecule has 2 aromatic rings. The monoisotopic (exact) mass is 250 g/mol. The molecule has 1 atom stereocenters. The Hall–Kier alpha value is -1.65. The molecule has 0 bridgehead atoms. The van der Waals surface area contributed by atoms with E-state index < -0.39 is 6.10 Å². The summed E-state index contributed by atoms with van der Waals surface area (Å²) in [6.07, 6.45) is 0.650. The first-order chi connectivity index (χ1) is 8.18. The molecule has 0 aliphatic carbocycles. The van der Waals surface area contributed by atoms with Crippen LogP contribution >= 0.6 is 11.6 Å². The van der Waals surface area contributed by atoms with Crippen LogP contribution in [0.2, 0.25) is 5.02 Å². The van der Waals surface area contributed by atoms with Crippen molar-refractivity contribution in [2.24, 2.45) is 0 Å². The highest BCUT2D eigenvalue weighted by molar-refractivity contribution is 6.31. The van der Waals surface area contributed by atoms with Gasteiger partial charge in [-0.15, -0.1) is 0 Å². The Morgan fingerprint density at radius 1 is 1.29 bits per heavy atom. The highest BCUT2D eigenvalue weighted by Crippen LogP contribution is 2.22. The number of aromatic nitrogens is 2. The van der Waals surface area contributed by atoms with E-state index in [4.69, 9.17) is 11.6 Å². The van der Waals surface area contributed by atoms with Gasteiger partial charge in [-0.25, -0.2) is 4.68 Å². The molecule has 0 unspecified atom stereocenters. The summed E-state index contributed by atoms with van der Waals surface area (Å²) in [5.41, 5.74) is 0.338. The van der Waals surface area contributed by atoms with Gasteiger partial charge in [0.1, 0.15) is 6.10 Å². The summed E-state index contributed by atoms with van der Waals surface area (Å²) in [4.78, 5) is 11.4. The van der Waals surface area contributed by atoms with E-state index in [1.807, 2.05) is 0 Å². The van der Waals surface area contributed by atoms with Gasteiger partial charge in [-0.3, -0.25) is 4.79 Å². The lowest BCUT2D eigenvalue weighted by Gasteiger charge is -2.12. The molecule has 0 saturated heterocycles. The minimum absolute atomic E-state index is 0.0867. The smallest absolute Gasteiger partial charge is 0.266 e. The van der Waals surface area contributed by atoms with E-state index in [1.165, 1.54) is 16.9 Å². The van der Waals surface area contributed by atoms with Crippen LogP contribution in [0.4, 0.5) is 0 Å². The van der Waals surface area contributed by atoms with Crippen molar-refractivity contribution in [2.75, 3.05) is 0 Å². The van der Waals surface area contributed by atoms with E-state index in [0.717, 1.165) is 0 Å². The van der Waals surface area contributed by atoms with Crippen molar-refractivity contribution in [3.05, 3.63) is 63.5 Å². The molecule has 4 nitrogen and oxygen atoms in total. The SMILES string of the molecule is O=c1cccnn1C[C@H](O)c1ccccc1Cl. The second-order valence-corrected chi connectivity index (χ2v) is 3.99. The number of nitrogens with zero attached hydrogens (tertiary/aromatic N) is 2. The predicted octanol–water partition coefficient (Wildman–Crippen LogP) is 1.63. The van der Waals surface area contributed by atoms with Gasteiger partial charge in [-0.05, 0) is 12.1 Å². The lowest BCUT2D eigenvalue weighted by molar-refractivity contribution is 0.149. The van der Waals surface area contributed by atoms with Crippen molar-refractivity contribution in [3.63, 3.8) is 0 Å². The van der Waals surface area contributed by atoms with E-state index in [2.05, 4.69) is 5.10 Å². The van der Waals surface area contributed by atoms with Gasteiger partial charge in [0.2, 0.25) is 0 Å². The third-order valence-electron chi connectivity index (χ3n) is 2.40. The summed E-state index contributed by atoms with van der Waals surface area (Å²) >= 11 is 5.96. The molecule has 88 valence electrons. The minimum atomic E-state index is -0.851. The molecule has 2 rings (SSSR count). The lowest BCUT2D eigenvalue weighted by atomic mass is 10.1. The van der Waals surface area contributed by atoms with Crippen LogP contribution in [-0.4, -0.2) is 14.9 Å². The largest absolute Gasteiger partial charge is 0.386 e. The average molecular weight is 251 g/mol. The fourth-order valence-electron chi connectivity index (χ4n) is 1.53. The first kappa shape index (κ1) is 11.8. The predicted molar refractivity (Wildman–Crippen MR) is 64.9 cm³/mol. The standard InChI is InChI=1S/C12H11ClN2O2/c13-10-5-2-1-4-9(10)11(16)8-15-12(17)6-3-7-14-15/h1-7,11,16H,8H2/t11-/m0/s1. The zero-order chi connectivity index (χ0) is 12.3. The first-order valence-electron chi connectivity index (χ1n) is 5.13. The second-order valence-electron chi connectivity index (χ2n) is 3.58. The molecule has 17 heavy (non-hydrogen) atoms.